The van der Waals surface area contributed by atoms with Gasteiger partial charge >= 0.3 is 0 Å². The predicted molar refractivity (Wildman–Crippen MR) is 80.9 cm³/mol. The lowest BCUT2D eigenvalue weighted by Gasteiger charge is -2.13. The van der Waals surface area contributed by atoms with Crippen LogP contribution in [0.3, 0.4) is 0 Å². The Morgan fingerprint density at radius 2 is 1.70 bits per heavy atom. The first-order valence-electron chi connectivity index (χ1n) is 5.91. The molecule has 0 saturated heterocycles. The molecule has 0 heterocycles. The van der Waals surface area contributed by atoms with Gasteiger partial charge in [-0.3, -0.25) is 0 Å². The van der Waals surface area contributed by atoms with Crippen LogP contribution < -0.4 is 0 Å². The summed E-state index contributed by atoms with van der Waals surface area (Å²) in [6, 6.07) is 15.3. The van der Waals surface area contributed by atoms with Crippen LogP contribution in [0.5, 0.6) is 0 Å². The Balaban J connectivity index is 2.55. The van der Waals surface area contributed by atoms with E-state index in [0.717, 1.165) is 5.56 Å². The summed E-state index contributed by atoms with van der Waals surface area (Å²) >= 11 is 3.30. The maximum Gasteiger partial charge on any atom is 0.198 e. The molecule has 2 aromatic rings. The van der Waals surface area contributed by atoms with Crippen LogP contribution >= 0.6 is 15.9 Å². The number of hydrogen-bond donors (Lipinski definition) is 0. The summed E-state index contributed by atoms with van der Waals surface area (Å²) in [7, 11) is -3.73. The third-order valence-corrected chi connectivity index (χ3v) is 5.60. The third-order valence-electron chi connectivity index (χ3n) is 2.96. The minimum absolute atomic E-state index is 0.158. The van der Waals surface area contributed by atoms with Crippen LogP contribution in [0.25, 0.3) is 0 Å². The van der Waals surface area contributed by atoms with E-state index in [-0.39, 0.29) is 4.90 Å². The highest BCUT2D eigenvalue weighted by Crippen LogP contribution is 2.32. The fourth-order valence-corrected chi connectivity index (χ4v) is 3.99. The van der Waals surface area contributed by atoms with Crippen molar-refractivity contribution in [3.8, 4) is 6.07 Å². The second kappa shape index (κ2) is 5.78. The van der Waals surface area contributed by atoms with E-state index in [2.05, 4.69) is 15.9 Å². The van der Waals surface area contributed by atoms with Gasteiger partial charge < -0.3 is 0 Å². The predicted octanol–water partition coefficient (Wildman–Crippen LogP) is 3.80. The quantitative estimate of drug-likeness (QED) is 0.846. The van der Waals surface area contributed by atoms with Crippen molar-refractivity contribution >= 4 is 25.8 Å². The van der Waals surface area contributed by atoms with Gasteiger partial charge in [-0.2, -0.15) is 5.26 Å². The summed E-state index contributed by atoms with van der Waals surface area (Å²) in [6.07, 6.45) is 0. The van der Waals surface area contributed by atoms with Gasteiger partial charge in [0.1, 0.15) is 0 Å². The second-order valence-electron chi connectivity index (χ2n) is 4.39. The van der Waals surface area contributed by atoms with Crippen LogP contribution in [0.4, 0.5) is 0 Å². The van der Waals surface area contributed by atoms with Crippen LogP contribution in [-0.4, -0.2) is 8.42 Å². The van der Waals surface area contributed by atoms with E-state index in [9.17, 15) is 13.7 Å². The summed E-state index contributed by atoms with van der Waals surface area (Å²) in [4.78, 5) is 0.158. The first-order valence-corrected chi connectivity index (χ1v) is 8.25. The normalized spacial score (nSPS) is 12.7. The molecule has 0 bridgehead atoms. The number of aryl methyl sites for hydroxylation is 1. The van der Waals surface area contributed by atoms with Gasteiger partial charge in [0.25, 0.3) is 0 Å². The summed E-state index contributed by atoms with van der Waals surface area (Å²) < 4.78 is 25.8. The Morgan fingerprint density at radius 1 is 1.10 bits per heavy atom. The molecule has 0 aliphatic heterocycles. The number of halogens is 1. The topological polar surface area (TPSA) is 57.9 Å². The standard InChI is InChI=1S/C15H12BrNO2S/c1-11-6-8-12(9-7-11)20(18,19)15(10-17)13-4-2-3-5-14(13)16/h2-9,15H,1H3. The molecule has 2 rings (SSSR count). The maximum absolute atomic E-state index is 12.6. The molecule has 0 radical (unpaired) electrons. The molecule has 102 valence electrons. The van der Waals surface area contributed by atoms with Gasteiger partial charge in [0, 0.05) is 4.47 Å². The van der Waals surface area contributed by atoms with E-state index in [1.165, 1.54) is 12.1 Å². The van der Waals surface area contributed by atoms with Crippen LogP contribution in [0, 0.1) is 18.3 Å². The van der Waals surface area contributed by atoms with E-state index < -0.39 is 15.1 Å². The van der Waals surface area contributed by atoms with Crippen molar-refractivity contribution in [1.29, 1.82) is 5.26 Å². The summed E-state index contributed by atoms with van der Waals surface area (Å²) in [5.41, 5.74) is 1.42. The number of benzene rings is 2. The molecule has 0 N–H and O–H groups in total. The zero-order chi connectivity index (χ0) is 14.8. The monoisotopic (exact) mass is 349 g/mol. The van der Waals surface area contributed by atoms with Crippen LogP contribution in [0.1, 0.15) is 16.4 Å². The average molecular weight is 350 g/mol. The van der Waals surface area contributed by atoms with Crippen LogP contribution in [0.15, 0.2) is 57.9 Å². The summed E-state index contributed by atoms with van der Waals surface area (Å²) in [5, 5.41) is 8.08. The zero-order valence-corrected chi connectivity index (χ0v) is 13.1. The Kier molecular flexibility index (Phi) is 4.26. The smallest absolute Gasteiger partial charge is 0.198 e. The largest absolute Gasteiger partial charge is 0.222 e. The van der Waals surface area contributed by atoms with E-state index in [4.69, 9.17) is 0 Å². The Bertz CT molecular complexity index is 761. The second-order valence-corrected chi connectivity index (χ2v) is 7.28. The van der Waals surface area contributed by atoms with Gasteiger partial charge in [0.15, 0.2) is 15.1 Å². The molecule has 0 aromatic heterocycles. The molecule has 2 aromatic carbocycles. The molecule has 1 unspecified atom stereocenters. The zero-order valence-electron chi connectivity index (χ0n) is 10.7. The molecule has 0 amide bonds. The fraction of sp³-hybridized carbons (Fsp3) is 0.133. The minimum Gasteiger partial charge on any atom is -0.222 e. The first kappa shape index (κ1) is 14.8. The van der Waals surface area contributed by atoms with Gasteiger partial charge in [-0.1, -0.05) is 51.8 Å². The van der Waals surface area contributed by atoms with Gasteiger partial charge in [0.2, 0.25) is 0 Å². The number of rotatable bonds is 3. The van der Waals surface area contributed by atoms with Crippen molar-refractivity contribution in [2.45, 2.75) is 17.1 Å². The number of nitriles is 1. The fourth-order valence-electron chi connectivity index (χ4n) is 1.86. The molecule has 5 heteroatoms. The first-order chi connectivity index (χ1) is 9.46. The minimum atomic E-state index is -3.73. The van der Waals surface area contributed by atoms with E-state index >= 15 is 0 Å². The molecule has 0 fully saturated rings. The Morgan fingerprint density at radius 3 is 2.25 bits per heavy atom. The molecule has 3 nitrogen and oxygen atoms in total. The highest BCUT2D eigenvalue weighted by atomic mass is 79.9. The van der Waals surface area contributed by atoms with E-state index in [1.807, 2.05) is 13.0 Å². The molecule has 0 saturated carbocycles. The highest BCUT2D eigenvalue weighted by molar-refractivity contribution is 9.10. The molecule has 1 atom stereocenters. The van der Waals surface area contributed by atoms with E-state index in [0.29, 0.717) is 10.0 Å². The van der Waals surface area contributed by atoms with Crippen molar-refractivity contribution in [3.63, 3.8) is 0 Å². The van der Waals surface area contributed by atoms with Crippen molar-refractivity contribution in [1.82, 2.24) is 0 Å². The molecular weight excluding hydrogens is 338 g/mol. The van der Waals surface area contributed by atoms with Crippen LogP contribution in [0.2, 0.25) is 0 Å². The molecular formula is C15H12BrNO2S. The van der Waals surface area contributed by atoms with Gasteiger partial charge in [-0.15, -0.1) is 0 Å². The Hall–Kier alpha value is -1.64. The lowest BCUT2D eigenvalue weighted by atomic mass is 10.2. The van der Waals surface area contributed by atoms with E-state index in [1.54, 1.807) is 36.4 Å². The van der Waals surface area contributed by atoms with Gasteiger partial charge in [-0.25, -0.2) is 8.42 Å². The van der Waals surface area contributed by atoms with Gasteiger partial charge in [0.05, 0.1) is 11.0 Å². The number of sulfone groups is 1. The van der Waals surface area contributed by atoms with Gasteiger partial charge in [-0.05, 0) is 30.7 Å². The SMILES string of the molecule is Cc1ccc(S(=O)(=O)C(C#N)c2ccccc2Br)cc1. The Labute approximate surface area is 126 Å². The third kappa shape index (κ3) is 2.77. The molecule has 0 aliphatic carbocycles. The van der Waals surface area contributed by atoms with Crippen molar-refractivity contribution in [2.24, 2.45) is 0 Å². The van der Waals surface area contributed by atoms with Crippen molar-refractivity contribution in [2.75, 3.05) is 0 Å². The number of hydrogen-bond acceptors (Lipinski definition) is 3. The molecule has 0 spiro atoms. The summed E-state index contributed by atoms with van der Waals surface area (Å²) in [5.74, 6) is 0. The van der Waals surface area contributed by atoms with Crippen molar-refractivity contribution < 1.29 is 8.42 Å². The lowest BCUT2D eigenvalue weighted by Crippen LogP contribution is -2.12. The van der Waals surface area contributed by atoms with Crippen LogP contribution in [-0.2, 0) is 9.84 Å². The molecule has 0 aliphatic rings. The molecule has 20 heavy (non-hydrogen) atoms. The van der Waals surface area contributed by atoms with Crippen molar-refractivity contribution in [3.05, 3.63) is 64.1 Å². The average Bonchev–Trinajstić information content (AvgIpc) is 2.42. The lowest BCUT2D eigenvalue weighted by molar-refractivity contribution is 0.591. The highest BCUT2D eigenvalue weighted by Gasteiger charge is 2.30. The number of nitrogens with zero attached hydrogens (tertiary/aromatic N) is 1. The summed E-state index contributed by atoms with van der Waals surface area (Å²) in [6.45, 7) is 1.88. The maximum atomic E-state index is 12.6.